The molecule has 0 aliphatic carbocycles. The number of carbonyl (C=O) groups excluding carboxylic acids is 1. The van der Waals surface area contributed by atoms with E-state index in [1.807, 2.05) is 6.92 Å². The summed E-state index contributed by atoms with van der Waals surface area (Å²) >= 11 is 0. The van der Waals surface area contributed by atoms with E-state index in [0.29, 0.717) is 18.7 Å². The second kappa shape index (κ2) is 5.87. The standard InChI is InChI=1S/C14H19NO3/c1-2-15(10-11-6-5-9-18-11)14(17)12-7-3-4-8-13(12)16/h3-4,7-8,11,16H,2,5-6,9-10H2,1H3. The van der Waals surface area contributed by atoms with Gasteiger partial charge in [-0.2, -0.15) is 0 Å². The van der Waals surface area contributed by atoms with Crippen LogP contribution in [0.4, 0.5) is 0 Å². The van der Waals surface area contributed by atoms with Gasteiger partial charge in [0.2, 0.25) is 0 Å². The van der Waals surface area contributed by atoms with Crippen molar-refractivity contribution in [2.24, 2.45) is 0 Å². The van der Waals surface area contributed by atoms with E-state index in [1.54, 1.807) is 23.1 Å². The topological polar surface area (TPSA) is 49.8 Å². The van der Waals surface area contributed by atoms with Gasteiger partial charge >= 0.3 is 0 Å². The van der Waals surface area contributed by atoms with Gasteiger partial charge in [0.05, 0.1) is 11.7 Å². The van der Waals surface area contributed by atoms with Crippen LogP contribution in [0.2, 0.25) is 0 Å². The quantitative estimate of drug-likeness (QED) is 0.888. The highest BCUT2D eigenvalue weighted by Crippen LogP contribution is 2.19. The molecule has 1 aliphatic rings. The molecule has 0 aromatic heterocycles. The van der Waals surface area contributed by atoms with E-state index in [9.17, 15) is 9.90 Å². The first kappa shape index (κ1) is 12.9. The van der Waals surface area contributed by atoms with Crippen molar-refractivity contribution in [2.75, 3.05) is 19.7 Å². The van der Waals surface area contributed by atoms with Crippen molar-refractivity contribution in [3.8, 4) is 5.75 Å². The van der Waals surface area contributed by atoms with Crippen LogP contribution >= 0.6 is 0 Å². The lowest BCUT2D eigenvalue weighted by atomic mass is 10.1. The van der Waals surface area contributed by atoms with Crippen molar-refractivity contribution in [1.29, 1.82) is 0 Å². The number of hydrogen-bond acceptors (Lipinski definition) is 3. The van der Waals surface area contributed by atoms with E-state index in [2.05, 4.69) is 0 Å². The van der Waals surface area contributed by atoms with Crippen LogP contribution in [0.3, 0.4) is 0 Å². The minimum Gasteiger partial charge on any atom is -0.507 e. The van der Waals surface area contributed by atoms with Gasteiger partial charge in [0.15, 0.2) is 0 Å². The molecule has 1 heterocycles. The number of carbonyl (C=O) groups is 1. The first-order valence-corrected chi connectivity index (χ1v) is 6.41. The van der Waals surface area contributed by atoms with Crippen LogP contribution in [-0.2, 0) is 4.74 Å². The van der Waals surface area contributed by atoms with E-state index in [-0.39, 0.29) is 17.8 Å². The van der Waals surface area contributed by atoms with E-state index >= 15 is 0 Å². The minimum absolute atomic E-state index is 0.0355. The summed E-state index contributed by atoms with van der Waals surface area (Å²) in [6, 6.07) is 6.65. The van der Waals surface area contributed by atoms with Gasteiger partial charge in [-0.05, 0) is 31.9 Å². The minimum atomic E-state index is -0.133. The highest BCUT2D eigenvalue weighted by Gasteiger charge is 2.23. The fourth-order valence-corrected chi connectivity index (χ4v) is 2.21. The Balaban J connectivity index is 2.07. The normalized spacial score (nSPS) is 18.8. The number of benzene rings is 1. The molecule has 1 aromatic rings. The number of amides is 1. The predicted octanol–water partition coefficient (Wildman–Crippen LogP) is 2.03. The number of aromatic hydroxyl groups is 1. The van der Waals surface area contributed by atoms with Gasteiger partial charge in [0.25, 0.3) is 5.91 Å². The Labute approximate surface area is 107 Å². The zero-order valence-electron chi connectivity index (χ0n) is 10.6. The SMILES string of the molecule is CCN(CC1CCCO1)C(=O)c1ccccc1O. The third-order valence-corrected chi connectivity index (χ3v) is 3.25. The number of likely N-dealkylation sites (N-methyl/N-ethyl adjacent to an activating group) is 1. The Morgan fingerprint density at radius 3 is 2.89 bits per heavy atom. The molecule has 1 aliphatic heterocycles. The third kappa shape index (κ3) is 2.82. The van der Waals surface area contributed by atoms with Gasteiger partial charge in [0.1, 0.15) is 5.75 Å². The molecule has 1 unspecified atom stereocenters. The summed E-state index contributed by atoms with van der Waals surface area (Å²) in [5.74, 6) is -0.0978. The smallest absolute Gasteiger partial charge is 0.257 e. The molecule has 1 aromatic carbocycles. The number of rotatable bonds is 4. The van der Waals surface area contributed by atoms with Gasteiger partial charge in [-0.3, -0.25) is 4.79 Å². The maximum absolute atomic E-state index is 12.3. The van der Waals surface area contributed by atoms with Crippen molar-refractivity contribution < 1.29 is 14.6 Å². The lowest BCUT2D eigenvalue weighted by molar-refractivity contribution is 0.0537. The Morgan fingerprint density at radius 2 is 2.28 bits per heavy atom. The molecule has 2 rings (SSSR count). The van der Waals surface area contributed by atoms with Crippen LogP contribution in [0.25, 0.3) is 0 Å². The average molecular weight is 249 g/mol. The number of ether oxygens (including phenoxy) is 1. The summed E-state index contributed by atoms with van der Waals surface area (Å²) in [5, 5.41) is 9.71. The zero-order chi connectivity index (χ0) is 13.0. The fraction of sp³-hybridized carbons (Fsp3) is 0.500. The first-order chi connectivity index (χ1) is 8.72. The molecule has 1 N–H and O–H groups in total. The van der Waals surface area contributed by atoms with E-state index < -0.39 is 0 Å². The van der Waals surface area contributed by atoms with Gasteiger partial charge in [-0.25, -0.2) is 0 Å². The van der Waals surface area contributed by atoms with Crippen molar-refractivity contribution >= 4 is 5.91 Å². The van der Waals surface area contributed by atoms with E-state index in [1.165, 1.54) is 6.07 Å². The molecule has 98 valence electrons. The molecular formula is C14H19NO3. The average Bonchev–Trinajstić information content (AvgIpc) is 2.88. The maximum atomic E-state index is 12.3. The summed E-state index contributed by atoms with van der Waals surface area (Å²) in [6.45, 7) is 3.94. The van der Waals surface area contributed by atoms with Gasteiger partial charge in [-0.1, -0.05) is 12.1 Å². The highest BCUT2D eigenvalue weighted by atomic mass is 16.5. The van der Waals surface area contributed by atoms with Gasteiger partial charge in [-0.15, -0.1) is 0 Å². The van der Waals surface area contributed by atoms with E-state index in [4.69, 9.17) is 4.74 Å². The van der Waals surface area contributed by atoms with Crippen LogP contribution in [-0.4, -0.2) is 41.7 Å². The Kier molecular flexibility index (Phi) is 4.20. The molecule has 1 amide bonds. The molecule has 1 fully saturated rings. The van der Waals surface area contributed by atoms with Crippen LogP contribution in [0.1, 0.15) is 30.1 Å². The Bertz CT molecular complexity index is 413. The highest BCUT2D eigenvalue weighted by molar-refractivity contribution is 5.96. The lowest BCUT2D eigenvalue weighted by Gasteiger charge is -2.24. The van der Waals surface area contributed by atoms with Crippen molar-refractivity contribution in [2.45, 2.75) is 25.9 Å². The van der Waals surface area contributed by atoms with Crippen molar-refractivity contribution in [1.82, 2.24) is 4.90 Å². The van der Waals surface area contributed by atoms with Gasteiger partial charge in [0, 0.05) is 19.7 Å². The third-order valence-electron chi connectivity index (χ3n) is 3.25. The number of phenols is 1. The molecule has 0 spiro atoms. The molecule has 0 radical (unpaired) electrons. The van der Waals surface area contributed by atoms with Crippen molar-refractivity contribution in [3.63, 3.8) is 0 Å². The number of nitrogens with zero attached hydrogens (tertiary/aromatic N) is 1. The summed E-state index contributed by atoms with van der Waals surface area (Å²) < 4.78 is 5.55. The molecule has 4 heteroatoms. The molecule has 18 heavy (non-hydrogen) atoms. The number of hydrogen-bond donors (Lipinski definition) is 1. The molecule has 1 saturated heterocycles. The Morgan fingerprint density at radius 1 is 1.50 bits per heavy atom. The van der Waals surface area contributed by atoms with E-state index in [0.717, 1.165) is 19.4 Å². The molecule has 1 atom stereocenters. The monoisotopic (exact) mass is 249 g/mol. The molecule has 0 bridgehead atoms. The number of phenolic OH excluding ortho intramolecular Hbond substituents is 1. The van der Waals surface area contributed by atoms with Gasteiger partial charge < -0.3 is 14.7 Å². The number of para-hydroxylation sites is 1. The zero-order valence-corrected chi connectivity index (χ0v) is 10.6. The first-order valence-electron chi connectivity index (χ1n) is 6.41. The fourth-order valence-electron chi connectivity index (χ4n) is 2.21. The van der Waals surface area contributed by atoms with Crippen LogP contribution in [0, 0.1) is 0 Å². The second-order valence-corrected chi connectivity index (χ2v) is 4.50. The summed E-state index contributed by atoms with van der Waals surface area (Å²) in [7, 11) is 0. The molecular weight excluding hydrogens is 230 g/mol. The second-order valence-electron chi connectivity index (χ2n) is 4.50. The van der Waals surface area contributed by atoms with Crippen molar-refractivity contribution in [3.05, 3.63) is 29.8 Å². The largest absolute Gasteiger partial charge is 0.507 e. The predicted molar refractivity (Wildman–Crippen MR) is 68.7 cm³/mol. The van der Waals surface area contributed by atoms with Crippen LogP contribution < -0.4 is 0 Å². The maximum Gasteiger partial charge on any atom is 0.257 e. The summed E-state index contributed by atoms with van der Waals surface area (Å²) in [4.78, 5) is 14.0. The lowest BCUT2D eigenvalue weighted by Crippen LogP contribution is -2.37. The van der Waals surface area contributed by atoms with Crippen LogP contribution in [0.5, 0.6) is 5.75 Å². The summed E-state index contributed by atoms with van der Waals surface area (Å²) in [5.41, 5.74) is 0.359. The summed E-state index contributed by atoms with van der Waals surface area (Å²) in [6.07, 6.45) is 2.21. The van der Waals surface area contributed by atoms with Crippen LogP contribution in [0.15, 0.2) is 24.3 Å². The molecule has 0 saturated carbocycles. The Hall–Kier alpha value is -1.55. The molecule has 4 nitrogen and oxygen atoms in total.